The van der Waals surface area contributed by atoms with Crippen LogP contribution in [-0.4, -0.2) is 25.6 Å². The van der Waals surface area contributed by atoms with Crippen LogP contribution in [0, 0.1) is 0 Å². The minimum Gasteiger partial charge on any atom is -0.496 e. The molecule has 4 heteroatoms. The quantitative estimate of drug-likeness (QED) is 0.872. The summed E-state index contributed by atoms with van der Waals surface area (Å²) in [4.78, 5) is 12.2. The number of para-hydroxylation sites is 1. The number of carbonyl (C=O) groups excluding carboxylic acids is 1. The van der Waals surface area contributed by atoms with Crippen LogP contribution in [0.1, 0.15) is 37.8 Å². The standard InChI is InChI=1S/C15H22N2O2/c1-11(12-7-3-4-9-14(12)19-2)17-15(18)13-8-5-6-10-16-13/h3-4,7,9,11,13,16H,5-6,8,10H2,1-2H3,(H,17,18)/t11-,13?/m1/s1. The molecule has 0 aliphatic carbocycles. The fraction of sp³-hybridized carbons (Fsp3) is 0.533. The van der Waals surface area contributed by atoms with Crippen LogP contribution in [0.3, 0.4) is 0 Å². The largest absolute Gasteiger partial charge is 0.496 e. The maximum Gasteiger partial charge on any atom is 0.237 e. The number of hydrogen-bond acceptors (Lipinski definition) is 3. The Kier molecular flexibility index (Phi) is 4.80. The monoisotopic (exact) mass is 262 g/mol. The molecule has 104 valence electrons. The third-order valence-electron chi connectivity index (χ3n) is 3.59. The molecule has 1 saturated heterocycles. The smallest absolute Gasteiger partial charge is 0.237 e. The van der Waals surface area contributed by atoms with Gasteiger partial charge in [0.25, 0.3) is 0 Å². The van der Waals surface area contributed by atoms with Crippen LogP contribution < -0.4 is 15.4 Å². The molecule has 1 fully saturated rings. The Bertz CT molecular complexity index is 428. The van der Waals surface area contributed by atoms with Gasteiger partial charge in [-0.2, -0.15) is 0 Å². The summed E-state index contributed by atoms with van der Waals surface area (Å²) in [5, 5.41) is 6.32. The topological polar surface area (TPSA) is 50.4 Å². The maximum absolute atomic E-state index is 12.2. The molecular formula is C15H22N2O2. The van der Waals surface area contributed by atoms with Crippen molar-refractivity contribution in [3.05, 3.63) is 29.8 Å². The zero-order valence-electron chi connectivity index (χ0n) is 11.6. The number of nitrogens with one attached hydrogen (secondary N) is 2. The lowest BCUT2D eigenvalue weighted by molar-refractivity contribution is -0.124. The van der Waals surface area contributed by atoms with Gasteiger partial charge >= 0.3 is 0 Å². The lowest BCUT2D eigenvalue weighted by atomic mass is 10.0. The molecule has 1 unspecified atom stereocenters. The summed E-state index contributed by atoms with van der Waals surface area (Å²) < 4.78 is 5.33. The molecule has 4 nitrogen and oxygen atoms in total. The molecule has 2 rings (SSSR count). The summed E-state index contributed by atoms with van der Waals surface area (Å²) in [5.74, 6) is 0.894. The van der Waals surface area contributed by atoms with Crippen LogP contribution in [0.4, 0.5) is 0 Å². The van der Waals surface area contributed by atoms with Gasteiger partial charge in [-0.05, 0) is 32.4 Å². The maximum atomic E-state index is 12.2. The first-order valence-corrected chi connectivity index (χ1v) is 6.89. The van der Waals surface area contributed by atoms with Crippen LogP contribution in [0.15, 0.2) is 24.3 Å². The molecule has 0 radical (unpaired) electrons. The van der Waals surface area contributed by atoms with Crippen molar-refractivity contribution in [1.82, 2.24) is 10.6 Å². The fourth-order valence-electron chi connectivity index (χ4n) is 2.49. The number of amides is 1. The van der Waals surface area contributed by atoms with Crippen LogP contribution >= 0.6 is 0 Å². The Morgan fingerprint density at radius 3 is 2.89 bits per heavy atom. The molecule has 19 heavy (non-hydrogen) atoms. The average Bonchev–Trinajstić information content (AvgIpc) is 2.48. The van der Waals surface area contributed by atoms with Crippen LogP contribution in [0.2, 0.25) is 0 Å². The van der Waals surface area contributed by atoms with E-state index in [0.29, 0.717) is 0 Å². The van der Waals surface area contributed by atoms with E-state index in [4.69, 9.17) is 4.74 Å². The Labute approximate surface area is 114 Å². The number of rotatable bonds is 4. The first kappa shape index (κ1) is 13.9. The summed E-state index contributed by atoms with van der Waals surface area (Å²) in [6.45, 7) is 2.92. The normalized spacial score (nSPS) is 20.6. The number of methoxy groups -OCH3 is 1. The molecule has 1 aliphatic rings. The van der Waals surface area contributed by atoms with E-state index in [9.17, 15) is 4.79 Å². The van der Waals surface area contributed by atoms with Gasteiger partial charge in [0, 0.05) is 5.56 Å². The number of piperidine rings is 1. The average molecular weight is 262 g/mol. The predicted molar refractivity (Wildman–Crippen MR) is 75.2 cm³/mol. The number of hydrogen-bond donors (Lipinski definition) is 2. The second-order valence-electron chi connectivity index (χ2n) is 4.97. The summed E-state index contributed by atoms with van der Waals surface area (Å²) >= 11 is 0. The van der Waals surface area contributed by atoms with E-state index in [1.807, 2.05) is 31.2 Å². The second kappa shape index (κ2) is 6.57. The molecule has 2 atom stereocenters. The third kappa shape index (κ3) is 3.47. The van der Waals surface area contributed by atoms with Crippen molar-refractivity contribution < 1.29 is 9.53 Å². The van der Waals surface area contributed by atoms with E-state index in [2.05, 4.69) is 10.6 Å². The Balaban J connectivity index is 1.99. The Hall–Kier alpha value is -1.55. The van der Waals surface area contributed by atoms with Gasteiger partial charge in [-0.1, -0.05) is 24.6 Å². The van der Waals surface area contributed by atoms with E-state index >= 15 is 0 Å². The lowest BCUT2D eigenvalue weighted by Gasteiger charge is -2.25. The summed E-state index contributed by atoms with van der Waals surface area (Å²) in [7, 11) is 1.65. The van der Waals surface area contributed by atoms with Crippen molar-refractivity contribution in [3.63, 3.8) is 0 Å². The molecule has 2 N–H and O–H groups in total. The SMILES string of the molecule is COc1ccccc1[C@@H](C)NC(=O)C1CCCCN1. The van der Waals surface area contributed by atoms with Gasteiger partial charge in [0.15, 0.2) is 0 Å². The molecule has 1 aromatic rings. The van der Waals surface area contributed by atoms with Crippen molar-refractivity contribution in [2.24, 2.45) is 0 Å². The van der Waals surface area contributed by atoms with E-state index < -0.39 is 0 Å². The molecular weight excluding hydrogens is 240 g/mol. The van der Waals surface area contributed by atoms with Gasteiger partial charge in [-0.25, -0.2) is 0 Å². The number of ether oxygens (including phenoxy) is 1. The van der Waals surface area contributed by atoms with Crippen molar-refractivity contribution >= 4 is 5.91 Å². The third-order valence-corrected chi connectivity index (χ3v) is 3.59. The molecule has 0 aromatic heterocycles. The van der Waals surface area contributed by atoms with Crippen LogP contribution in [-0.2, 0) is 4.79 Å². The molecule has 0 bridgehead atoms. The van der Waals surface area contributed by atoms with Gasteiger partial charge in [0.1, 0.15) is 5.75 Å². The predicted octanol–water partition coefficient (Wildman–Crippen LogP) is 2.01. The van der Waals surface area contributed by atoms with Crippen molar-refractivity contribution in [2.75, 3.05) is 13.7 Å². The highest BCUT2D eigenvalue weighted by Crippen LogP contribution is 2.24. The van der Waals surface area contributed by atoms with Gasteiger partial charge < -0.3 is 15.4 Å². The van der Waals surface area contributed by atoms with Crippen LogP contribution in [0.25, 0.3) is 0 Å². The van der Waals surface area contributed by atoms with Gasteiger partial charge in [0.2, 0.25) is 5.91 Å². The number of carbonyl (C=O) groups is 1. The van der Waals surface area contributed by atoms with E-state index in [0.717, 1.165) is 37.1 Å². The van der Waals surface area contributed by atoms with Crippen molar-refractivity contribution in [2.45, 2.75) is 38.3 Å². The van der Waals surface area contributed by atoms with Gasteiger partial charge in [-0.3, -0.25) is 4.79 Å². The second-order valence-corrected chi connectivity index (χ2v) is 4.97. The Morgan fingerprint density at radius 1 is 1.42 bits per heavy atom. The summed E-state index contributed by atoms with van der Waals surface area (Å²) in [6, 6.07) is 7.69. The van der Waals surface area contributed by atoms with Crippen molar-refractivity contribution in [1.29, 1.82) is 0 Å². The van der Waals surface area contributed by atoms with E-state index in [-0.39, 0.29) is 18.0 Å². The number of benzene rings is 1. The molecule has 1 aromatic carbocycles. The molecule has 1 aliphatic heterocycles. The fourth-order valence-corrected chi connectivity index (χ4v) is 2.49. The summed E-state index contributed by atoms with van der Waals surface area (Å²) in [5.41, 5.74) is 1.01. The minimum atomic E-state index is -0.0501. The van der Waals surface area contributed by atoms with Gasteiger partial charge in [0.05, 0.1) is 19.2 Å². The molecule has 0 saturated carbocycles. The highest BCUT2D eigenvalue weighted by atomic mass is 16.5. The molecule has 1 amide bonds. The van der Waals surface area contributed by atoms with Crippen molar-refractivity contribution in [3.8, 4) is 5.75 Å². The lowest BCUT2D eigenvalue weighted by Crippen LogP contribution is -2.47. The van der Waals surface area contributed by atoms with Gasteiger partial charge in [-0.15, -0.1) is 0 Å². The minimum absolute atomic E-state index is 0.0487. The van der Waals surface area contributed by atoms with E-state index in [1.165, 1.54) is 0 Å². The summed E-state index contributed by atoms with van der Waals surface area (Å²) in [6.07, 6.45) is 3.20. The Morgan fingerprint density at radius 2 is 2.21 bits per heavy atom. The first-order valence-electron chi connectivity index (χ1n) is 6.89. The van der Waals surface area contributed by atoms with Crippen LogP contribution in [0.5, 0.6) is 5.75 Å². The van der Waals surface area contributed by atoms with E-state index in [1.54, 1.807) is 7.11 Å². The molecule has 1 heterocycles. The first-order chi connectivity index (χ1) is 9.22. The zero-order valence-corrected chi connectivity index (χ0v) is 11.6. The molecule has 0 spiro atoms. The highest BCUT2D eigenvalue weighted by Gasteiger charge is 2.22. The highest BCUT2D eigenvalue weighted by molar-refractivity contribution is 5.82. The zero-order chi connectivity index (χ0) is 13.7.